The third kappa shape index (κ3) is 28.8. The van der Waals surface area contributed by atoms with E-state index < -0.39 is 24.5 Å². The molecule has 0 aromatic carbocycles. The van der Waals surface area contributed by atoms with Gasteiger partial charge in [0.25, 0.3) is 0 Å². The largest absolute Gasteiger partial charge is 0.480 e. The molecule has 0 aliphatic carbocycles. The molecule has 0 saturated heterocycles. The molecule has 0 aromatic rings. The van der Waals surface area contributed by atoms with Crippen molar-refractivity contribution in [2.45, 2.75) is 180 Å². The summed E-state index contributed by atoms with van der Waals surface area (Å²) in [5, 5.41) is 22.4. The topological polar surface area (TPSA) is 142 Å². The fourth-order valence-corrected chi connectivity index (χ4v) is 5.15. The zero-order valence-electron chi connectivity index (χ0n) is 28.6. The quantitative estimate of drug-likeness (QED) is 0.0339. The number of nitrogens with one attached hydrogen (secondary N) is 2. The number of allylic oxidation sites excluding steroid dienone is 1. The molecule has 9 heteroatoms. The minimum Gasteiger partial charge on any atom is -0.480 e. The molecule has 4 N–H and O–H groups in total. The Morgan fingerprint density at radius 1 is 0.667 bits per heavy atom. The lowest BCUT2D eigenvalue weighted by atomic mass is 10.0. The highest BCUT2D eigenvalue weighted by Crippen LogP contribution is 2.16. The van der Waals surface area contributed by atoms with Crippen LogP contribution in [0.1, 0.15) is 168 Å². The van der Waals surface area contributed by atoms with E-state index in [9.17, 15) is 19.2 Å². The highest BCUT2D eigenvalue weighted by atomic mass is 16.5. The first-order valence-corrected chi connectivity index (χ1v) is 18.1. The molecule has 262 valence electrons. The average Bonchev–Trinajstić information content (AvgIpc) is 3.02. The first kappa shape index (κ1) is 42.6. The minimum absolute atomic E-state index is 0.0824. The number of esters is 1. The smallest absolute Gasteiger partial charge is 0.328 e. The minimum atomic E-state index is -1.38. The van der Waals surface area contributed by atoms with Gasteiger partial charge in [0, 0.05) is 12.8 Å². The molecule has 45 heavy (non-hydrogen) atoms. The number of aliphatic hydroxyl groups excluding tert-OH is 1. The second-order valence-corrected chi connectivity index (χ2v) is 12.3. The summed E-state index contributed by atoms with van der Waals surface area (Å²) in [7, 11) is 0. The van der Waals surface area contributed by atoms with Crippen molar-refractivity contribution in [2.24, 2.45) is 0 Å². The van der Waals surface area contributed by atoms with Gasteiger partial charge < -0.3 is 25.6 Å². The molecular weight excluding hydrogens is 572 g/mol. The van der Waals surface area contributed by atoms with Gasteiger partial charge in [-0.2, -0.15) is 0 Å². The number of carbonyl (C=O) groups is 4. The summed E-state index contributed by atoms with van der Waals surface area (Å²) < 4.78 is 5.88. The molecule has 0 aromatic heterocycles. The van der Waals surface area contributed by atoms with Crippen molar-refractivity contribution >= 4 is 23.8 Å². The number of hydrogen-bond donors (Lipinski definition) is 4. The van der Waals surface area contributed by atoms with Gasteiger partial charge in [0.15, 0.2) is 0 Å². The van der Waals surface area contributed by atoms with Crippen LogP contribution in [-0.4, -0.2) is 59.3 Å². The summed E-state index contributed by atoms with van der Waals surface area (Å²) in [5.74, 6) is -2.33. The molecule has 0 spiro atoms. The molecule has 2 atom stereocenters. The molecule has 2 amide bonds. The SMILES string of the molecule is CCCCCCCC/C=C\C(CCCCCCCCC(=O)NCC(=O)NC(CO)C(=O)O)OC(=O)CCCCCCCCCC. The van der Waals surface area contributed by atoms with Crippen molar-refractivity contribution in [3.05, 3.63) is 12.2 Å². The van der Waals surface area contributed by atoms with Crippen LogP contribution in [0.25, 0.3) is 0 Å². The van der Waals surface area contributed by atoms with Gasteiger partial charge in [0.05, 0.1) is 13.2 Å². The van der Waals surface area contributed by atoms with Crippen LogP contribution in [0.2, 0.25) is 0 Å². The lowest BCUT2D eigenvalue weighted by Crippen LogP contribution is -2.47. The number of aliphatic hydroxyl groups is 1. The maximum Gasteiger partial charge on any atom is 0.328 e. The summed E-state index contributed by atoms with van der Waals surface area (Å²) in [6.45, 7) is 3.43. The normalized spacial score (nSPS) is 12.6. The van der Waals surface area contributed by atoms with Gasteiger partial charge in [-0.25, -0.2) is 4.79 Å². The van der Waals surface area contributed by atoms with Crippen LogP contribution in [0, 0.1) is 0 Å². The third-order valence-corrected chi connectivity index (χ3v) is 8.00. The van der Waals surface area contributed by atoms with Gasteiger partial charge in [-0.05, 0) is 44.6 Å². The van der Waals surface area contributed by atoms with Crippen molar-refractivity contribution in [3.8, 4) is 0 Å². The van der Waals surface area contributed by atoms with E-state index in [1.54, 1.807) is 0 Å². The van der Waals surface area contributed by atoms with Crippen molar-refractivity contribution in [2.75, 3.05) is 13.2 Å². The van der Waals surface area contributed by atoms with Gasteiger partial charge in [-0.1, -0.05) is 123 Å². The molecule has 0 saturated carbocycles. The predicted octanol–water partition coefficient (Wildman–Crippen LogP) is 7.53. The molecule has 0 rings (SSSR count). The zero-order chi connectivity index (χ0) is 33.4. The molecule has 0 fully saturated rings. The Labute approximate surface area is 273 Å². The predicted molar refractivity (Wildman–Crippen MR) is 181 cm³/mol. The Bertz CT molecular complexity index is 787. The number of ether oxygens (including phenoxy) is 1. The second kappa shape index (κ2) is 31.6. The summed E-state index contributed by atoms with van der Waals surface area (Å²) in [6.07, 6.45) is 29.7. The number of rotatable bonds is 32. The van der Waals surface area contributed by atoms with E-state index >= 15 is 0 Å². The van der Waals surface area contributed by atoms with Gasteiger partial charge in [0.1, 0.15) is 12.1 Å². The number of carboxylic acid groups (broad SMARTS) is 1. The Morgan fingerprint density at radius 3 is 1.73 bits per heavy atom. The van der Waals surface area contributed by atoms with Crippen LogP contribution >= 0.6 is 0 Å². The Morgan fingerprint density at radius 2 is 1.18 bits per heavy atom. The molecular formula is C36H66N2O7. The van der Waals surface area contributed by atoms with Crippen LogP contribution in [0.5, 0.6) is 0 Å². The van der Waals surface area contributed by atoms with Crippen molar-refractivity contribution in [1.82, 2.24) is 10.6 Å². The van der Waals surface area contributed by atoms with Crippen LogP contribution < -0.4 is 10.6 Å². The molecule has 0 aliphatic rings. The Kier molecular flexibility index (Phi) is 29.9. The van der Waals surface area contributed by atoms with Crippen molar-refractivity contribution in [1.29, 1.82) is 0 Å². The monoisotopic (exact) mass is 638 g/mol. The van der Waals surface area contributed by atoms with Crippen LogP contribution in [0.4, 0.5) is 0 Å². The van der Waals surface area contributed by atoms with E-state index in [2.05, 4.69) is 36.6 Å². The Hall–Kier alpha value is -2.42. The van der Waals surface area contributed by atoms with E-state index in [0.29, 0.717) is 19.3 Å². The van der Waals surface area contributed by atoms with Crippen molar-refractivity contribution in [3.63, 3.8) is 0 Å². The molecule has 9 nitrogen and oxygen atoms in total. The van der Waals surface area contributed by atoms with Gasteiger partial charge in [0.2, 0.25) is 11.8 Å². The van der Waals surface area contributed by atoms with E-state index in [4.69, 9.17) is 14.9 Å². The Balaban J connectivity index is 4.24. The molecule has 0 radical (unpaired) electrons. The summed E-state index contributed by atoms with van der Waals surface area (Å²) >= 11 is 0. The summed E-state index contributed by atoms with van der Waals surface area (Å²) in [6, 6.07) is -1.38. The molecule has 0 aliphatic heterocycles. The number of carboxylic acids is 1. The maximum atomic E-state index is 12.6. The first-order valence-electron chi connectivity index (χ1n) is 18.1. The van der Waals surface area contributed by atoms with Crippen LogP contribution in [-0.2, 0) is 23.9 Å². The molecule has 0 bridgehead atoms. The lowest BCUT2D eigenvalue weighted by Gasteiger charge is -2.15. The van der Waals surface area contributed by atoms with Crippen LogP contribution in [0.3, 0.4) is 0 Å². The first-order chi connectivity index (χ1) is 21.8. The zero-order valence-corrected chi connectivity index (χ0v) is 28.6. The highest BCUT2D eigenvalue weighted by molar-refractivity contribution is 5.87. The van der Waals surface area contributed by atoms with E-state index in [0.717, 1.165) is 57.8 Å². The fourth-order valence-electron chi connectivity index (χ4n) is 5.15. The summed E-state index contributed by atoms with van der Waals surface area (Å²) in [5.41, 5.74) is 0. The molecule has 0 heterocycles. The standard InChI is InChI=1S/C36H66N2O7/c1-3-5-7-9-11-13-17-21-25-31(45-35(42)28-24-20-14-12-10-8-6-4-2)26-22-18-15-16-19-23-27-33(40)37-29-34(41)38-32(30-39)36(43)44/h21,25,31-32,39H,3-20,22-24,26-30H2,1-2H3,(H,37,40)(H,38,41)(H,43,44)/b25-21-. The number of hydrogen-bond acceptors (Lipinski definition) is 6. The molecule has 2 unspecified atom stereocenters. The number of amides is 2. The maximum absolute atomic E-state index is 12.6. The number of unbranched alkanes of at least 4 members (excludes halogenated alkanes) is 18. The highest BCUT2D eigenvalue weighted by Gasteiger charge is 2.18. The number of aliphatic carboxylic acids is 1. The number of carbonyl (C=O) groups excluding carboxylic acids is 3. The van der Waals surface area contributed by atoms with Gasteiger partial charge in [-0.15, -0.1) is 0 Å². The second-order valence-electron chi connectivity index (χ2n) is 12.3. The summed E-state index contributed by atoms with van der Waals surface area (Å²) in [4.78, 5) is 47.1. The van der Waals surface area contributed by atoms with Crippen LogP contribution in [0.15, 0.2) is 12.2 Å². The van der Waals surface area contributed by atoms with E-state index in [-0.39, 0.29) is 24.5 Å². The van der Waals surface area contributed by atoms with Gasteiger partial charge >= 0.3 is 11.9 Å². The lowest BCUT2D eigenvalue weighted by molar-refractivity contribution is -0.147. The van der Waals surface area contributed by atoms with E-state index in [1.165, 1.54) is 77.0 Å². The van der Waals surface area contributed by atoms with E-state index in [1.807, 2.05) is 0 Å². The third-order valence-electron chi connectivity index (χ3n) is 8.00. The fraction of sp³-hybridized carbons (Fsp3) is 0.833. The van der Waals surface area contributed by atoms with Gasteiger partial charge in [-0.3, -0.25) is 14.4 Å². The van der Waals surface area contributed by atoms with Crippen molar-refractivity contribution < 1.29 is 34.1 Å². The average molecular weight is 639 g/mol.